The van der Waals surface area contributed by atoms with Crippen LogP contribution >= 0.6 is 0 Å². The Labute approximate surface area is 173 Å². The number of fused-ring (bicyclic) bond motifs is 3. The maximum Gasteiger partial charge on any atom is 0.263 e. The fourth-order valence-corrected chi connectivity index (χ4v) is 3.78. The Balaban J connectivity index is 1.80. The molecule has 0 fully saturated rings. The number of benzene rings is 2. The molecule has 6 nitrogen and oxygen atoms in total. The molecule has 8 heteroatoms. The third-order valence-corrected chi connectivity index (χ3v) is 5.22. The van der Waals surface area contributed by atoms with Gasteiger partial charge in [-0.25, -0.2) is 8.78 Å². The lowest BCUT2D eigenvalue weighted by molar-refractivity contribution is -0.120. The van der Waals surface area contributed by atoms with Crippen molar-refractivity contribution >= 4 is 28.8 Å². The molecule has 0 spiro atoms. The van der Waals surface area contributed by atoms with Gasteiger partial charge in [0.1, 0.15) is 23.0 Å². The number of hydrogen-bond donors (Lipinski definition) is 1. The van der Waals surface area contributed by atoms with Crippen LogP contribution in [0.3, 0.4) is 0 Å². The predicted molar refractivity (Wildman–Crippen MR) is 111 cm³/mol. The van der Waals surface area contributed by atoms with Gasteiger partial charge >= 0.3 is 0 Å². The minimum absolute atomic E-state index is 0.00178. The summed E-state index contributed by atoms with van der Waals surface area (Å²) in [6.07, 6.45) is 0.141. The molecule has 1 N–H and O–H groups in total. The summed E-state index contributed by atoms with van der Waals surface area (Å²) < 4.78 is 28.1. The highest BCUT2D eigenvalue weighted by molar-refractivity contribution is 6.25. The molecule has 4 rings (SSSR count). The standard InChI is InChI=1S/C22H22F2N4O2/c1-26(2)11-12-28-18-13-14(23)7-8-17(18)27-10-9-19(29)20(22(27)28)21(30)25-16-6-4-3-5-15(16)24/h3-8,13H,9-12H2,1-2H3,(H,25,30). The fraction of sp³-hybridized carbons (Fsp3) is 0.273. The summed E-state index contributed by atoms with van der Waals surface area (Å²) in [5, 5.41) is 2.52. The number of carbonyl (C=O) groups is 2. The van der Waals surface area contributed by atoms with Crippen LogP contribution in [0.25, 0.3) is 0 Å². The molecule has 0 aliphatic carbocycles. The van der Waals surface area contributed by atoms with E-state index >= 15 is 0 Å². The molecule has 0 atom stereocenters. The summed E-state index contributed by atoms with van der Waals surface area (Å²) >= 11 is 0. The maximum absolute atomic E-state index is 14.0. The maximum atomic E-state index is 14.0. The van der Waals surface area contributed by atoms with E-state index in [-0.39, 0.29) is 23.5 Å². The third-order valence-electron chi connectivity index (χ3n) is 5.22. The Bertz CT molecular complexity index is 1050. The zero-order valence-electron chi connectivity index (χ0n) is 16.8. The number of ketones is 1. The van der Waals surface area contributed by atoms with Crippen LogP contribution in [0.5, 0.6) is 0 Å². The molecule has 156 valence electrons. The van der Waals surface area contributed by atoms with Crippen molar-refractivity contribution in [3.8, 4) is 0 Å². The van der Waals surface area contributed by atoms with Crippen LogP contribution in [0.4, 0.5) is 25.8 Å². The number of rotatable bonds is 5. The number of hydrogen-bond acceptors (Lipinski definition) is 5. The van der Waals surface area contributed by atoms with Gasteiger partial charge < -0.3 is 20.0 Å². The lowest BCUT2D eigenvalue weighted by Crippen LogP contribution is -2.42. The molecule has 2 heterocycles. The number of amides is 1. The topological polar surface area (TPSA) is 55.9 Å². The van der Waals surface area contributed by atoms with Gasteiger partial charge in [-0.3, -0.25) is 9.59 Å². The Morgan fingerprint density at radius 3 is 2.63 bits per heavy atom. The molecule has 2 aliphatic heterocycles. The van der Waals surface area contributed by atoms with E-state index in [0.717, 1.165) is 5.69 Å². The van der Waals surface area contributed by atoms with Crippen molar-refractivity contribution in [1.29, 1.82) is 0 Å². The Kier molecular flexibility index (Phi) is 5.26. The van der Waals surface area contributed by atoms with E-state index < -0.39 is 17.5 Å². The number of anilines is 3. The molecule has 2 aromatic carbocycles. The first kappa shape index (κ1) is 20.0. The number of likely N-dealkylation sites (N-methyl/N-ethyl adjacent to an activating group) is 1. The van der Waals surface area contributed by atoms with Gasteiger partial charge in [0.25, 0.3) is 5.91 Å². The molecule has 0 radical (unpaired) electrons. The first-order valence-corrected chi connectivity index (χ1v) is 9.69. The van der Waals surface area contributed by atoms with Crippen LogP contribution in [0.15, 0.2) is 53.9 Å². The number of halogens is 2. The number of nitrogens with one attached hydrogen (secondary N) is 1. The summed E-state index contributed by atoms with van der Waals surface area (Å²) in [5.74, 6) is -1.56. The number of carbonyl (C=O) groups excluding carboxylic acids is 2. The zero-order chi connectivity index (χ0) is 21.4. The third kappa shape index (κ3) is 3.54. The lowest BCUT2D eigenvalue weighted by atomic mass is 10.0. The molecule has 0 saturated heterocycles. The summed E-state index contributed by atoms with van der Waals surface area (Å²) in [6, 6.07) is 10.2. The van der Waals surface area contributed by atoms with Gasteiger partial charge in [-0.1, -0.05) is 12.1 Å². The Morgan fingerprint density at radius 2 is 1.90 bits per heavy atom. The molecule has 2 aromatic rings. The Morgan fingerprint density at radius 1 is 1.13 bits per heavy atom. The summed E-state index contributed by atoms with van der Waals surface area (Å²) in [7, 11) is 3.82. The second-order valence-electron chi connectivity index (χ2n) is 7.55. The summed E-state index contributed by atoms with van der Waals surface area (Å²) in [6.45, 7) is 1.48. The van der Waals surface area contributed by atoms with Gasteiger partial charge in [0.15, 0.2) is 5.78 Å². The van der Waals surface area contributed by atoms with Crippen molar-refractivity contribution in [2.45, 2.75) is 6.42 Å². The van der Waals surface area contributed by atoms with E-state index in [1.807, 2.05) is 23.9 Å². The van der Waals surface area contributed by atoms with Gasteiger partial charge in [-0.2, -0.15) is 0 Å². The minimum atomic E-state index is -0.673. The zero-order valence-corrected chi connectivity index (χ0v) is 16.8. The second kappa shape index (κ2) is 7.87. The van der Waals surface area contributed by atoms with Crippen LogP contribution in [-0.2, 0) is 9.59 Å². The van der Waals surface area contributed by atoms with E-state index in [9.17, 15) is 18.4 Å². The number of Topliss-reactive ketones (excluding diaryl/α,β-unsaturated/α-hetero) is 1. The van der Waals surface area contributed by atoms with E-state index in [0.29, 0.717) is 31.1 Å². The van der Waals surface area contributed by atoms with Crippen LogP contribution in [0, 0.1) is 11.6 Å². The summed E-state index contributed by atoms with van der Waals surface area (Å²) in [4.78, 5) is 31.5. The molecule has 1 amide bonds. The van der Waals surface area contributed by atoms with E-state index in [1.165, 1.54) is 30.3 Å². The molecule has 0 bridgehead atoms. The van der Waals surface area contributed by atoms with Gasteiger partial charge in [-0.05, 0) is 44.4 Å². The highest BCUT2D eigenvalue weighted by atomic mass is 19.1. The van der Waals surface area contributed by atoms with Crippen molar-refractivity contribution in [3.05, 3.63) is 65.5 Å². The quantitative estimate of drug-likeness (QED) is 0.766. The van der Waals surface area contributed by atoms with Crippen molar-refractivity contribution < 1.29 is 18.4 Å². The van der Waals surface area contributed by atoms with E-state index in [1.54, 1.807) is 17.0 Å². The van der Waals surface area contributed by atoms with Crippen LogP contribution in [0.2, 0.25) is 0 Å². The van der Waals surface area contributed by atoms with Crippen molar-refractivity contribution in [2.24, 2.45) is 0 Å². The highest BCUT2D eigenvalue weighted by Gasteiger charge is 2.41. The highest BCUT2D eigenvalue weighted by Crippen LogP contribution is 2.45. The number of para-hydroxylation sites is 1. The van der Waals surface area contributed by atoms with Crippen LogP contribution < -0.4 is 15.1 Å². The first-order chi connectivity index (χ1) is 14.4. The first-order valence-electron chi connectivity index (χ1n) is 9.69. The van der Waals surface area contributed by atoms with Gasteiger partial charge in [-0.15, -0.1) is 0 Å². The monoisotopic (exact) mass is 412 g/mol. The fourth-order valence-electron chi connectivity index (χ4n) is 3.78. The van der Waals surface area contributed by atoms with Crippen molar-refractivity contribution in [1.82, 2.24) is 4.90 Å². The molecular weight excluding hydrogens is 390 g/mol. The molecule has 0 unspecified atom stereocenters. The molecule has 0 aromatic heterocycles. The second-order valence-corrected chi connectivity index (χ2v) is 7.55. The molecule has 30 heavy (non-hydrogen) atoms. The number of nitrogens with zero attached hydrogens (tertiary/aromatic N) is 3. The van der Waals surface area contributed by atoms with Crippen molar-refractivity contribution in [3.63, 3.8) is 0 Å². The molecule has 2 aliphatic rings. The van der Waals surface area contributed by atoms with Crippen molar-refractivity contribution in [2.75, 3.05) is 48.8 Å². The average Bonchev–Trinajstić information content (AvgIpc) is 3.00. The van der Waals surface area contributed by atoms with Crippen LogP contribution in [-0.4, -0.2) is 50.3 Å². The molecule has 0 saturated carbocycles. The van der Waals surface area contributed by atoms with E-state index in [2.05, 4.69) is 5.32 Å². The lowest BCUT2D eigenvalue weighted by Gasteiger charge is -2.31. The van der Waals surface area contributed by atoms with Gasteiger partial charge in [0.05, 0.1) is 17.1 Å². The average molecular weight is 412 g/mol. The van der Waals surface area contributed by atoms with E-state index in [4.69, 9.17) is 0 Å². The van der Waals surface area contributed by atoms with Gasteiger partial charge in [0, 0.05) is 26.1 Å². The summed E-state index contributed by atoms with van der Waals surface area (Å²) in [5.41, 5.74) is 1.31. The molecular formula is C22H22F2N4O2. The normalized spacial score (nSPS) is 15.6. The smallest absolute Gasteiger partial charge is 0.263 e. The SMILES string of the molecule is CN(C)CCN1C2=C(C(=O)Nc3ccccc3F)C(=O)CCN2c2ccc(F)cc21. The Hall–Kier alpha value is -3.26. The van der Waals surface area contributed by atoms with Gasteiger partial charge in [0.2, 0.25) is 0 Å². The minimum Gasteiger partial charge on any atom is -0.325 e. The van der Waals surface area contributed by atoms with Crippen LogP contribution in [0.1, 0.15) is 6.42 Å². The predicted octanol–water partition coefficient (Wildman–Crippen LogP) is 2.98. The largest absolute Gasteiger partial charge is 0.325 e.